The minimum atomic E-state index is -0.0681. The molecule has 64 valence electrons. The molecule has 1 amide bonds. The second kappa shape index (κ2) is 7.45. The average molecular weight is 155 g/mol. The van der Waals surface area contributed by atoms with Gasteiger partial charge in [-0.2, -0.15) is 0 Å². The first kappa shape index (κ1) is 10.3. The predicted molar refractivity (Wildman–Crippen MR) is 47.9 cm³/mol. The van der Waals surface area contributed by atoms with Crippen molar-refractivity contribution in [1.82, 2.24) is 0 Å². The summed E-state index contributed by atoms with van der Waals surface area (Å²) in [6.45, 7) is 5.35. The van der Waals surface area contributed by atoms with Crippen LogP contribution in [0.15, 0.2) is 4.99 Å². The molecule has 0 spiro atoms. The van der Waals surface area contributed by atoms with Crippen LogP contribution in [0.5, 0.6) is 0 Å². The molecule has 0 aromatic carbocycles. The van der Waals surface area contributed by atoms with Crippen molar-refractivity contribution in [2.24, 2.45) is 4.99 Å². The van der Waals surface area contributed by atoms with Crippen molar-refractivity contribution in [3.8, 4) is 0 Å². The average Bonchev–Trinajstić information content (AvgIpc) is 2.04. The number of carbonyl (C=O) groups is 1. The van der Waals surface area contributed by atoms with Gasteiger partial charge in [-0.25, -0.2) is 4.99 Å². The highest BCUT2D eigenvalue weighted by Gasteiger charge is 1.95. The summed E-state index contributed by atoms with van der Waals surface area (Å²) in [5.41, 5.74) is 0. The van der Waals surface area contributed by atoms with Gasteiger partial charge in [-0.05, 0) is 13.1 Å². The molecule has 0 rings (SSSR count). The number of amides is 1. The molecular weight excluding hydrogens is 138 g/mol. The third kappa shape index (κ3) is 7.23. The number of aliphatic imine (C=N–C) groups is 1. The van der Waals surface area contributed by atoms with Crippen LogP contribution < -0.4 is 0 Å². The summed E-state index contributed by atoms with van der Waals surface area (Å²) in [7, 11) is 0. The van der Waals surface area contributed by atoms with E-state index in [-0.39, 0.29) is 5.91 Å². The highest BCUT2D eigenvalue weighted by molar-refractivity contribution is 5.80. The molecule has 0 aliphatic carbocycles. The topological polar surface area (TPSA) is 29.4 Å². The first-order chi connectivity index (χ1) is 5.31. The van der Waals surface area contributed by atoms with Gasteiger partial charge in [0.2, 0.25) is 5.91 Å². The minimum absolute atomic E-state index is 0.0681. The minimum Gasteiger partial charge on any atom is -0.273 e. The maximum absolute atomic E-state index is 10.6. The van der Waals surface area contributed by atoms with Crippen LogP contribution >= 0.6 is 0 Å². The first-order valence-corrected chi connectivity index (χ1v) is 4.30. The van der Waals surface area contributed by atoms with E-state index < -0.39 is 0 Å². The van der Waals surface area contributed by atoms with Crippen LogP contribution in [0.1, 0.15) is 45.4 Å². The molecule has 0 fully saturated rings. The van der Waals surface area contributed by atoms with Crippen molar-refractivity contribution in [3.63, 3.8) is 0 Å². The van der Waals surface area contributed by atoms with Crippen LogP contribution in [-0.2, 0) is 4.79 Å². The monoisotopic (exact) mass is 155 g/mol. The summed E-state index contributed by atoms with van der Waals surface area (Å²) in [6, 6.07) is 0. The van der Waals surface area contributed by atoms with Gasteiger partial charge in [-0.15, -0.1) is 0 Å². The van der Waals surface area contributed by atoms with Crippen molar-refractivity contribution in [1.29, 1.82) is 0 Å². The fourth-order valence-corrected chi connectivity index (χ4v) is 0.959. The van der Waals surface area contributed by atoms with E-state index in [9.17, 15) is 4.79 Å². The number of nitrogens with zero attached hydrogens (tertiary/aromatic N) is 1. The van der Waals surface area contributed by atoms with Gasteiger partial charge in [-0.1, -0.05) is 32.6 Å². The van der Waals surface area contributed by atoms with Crippen LogP contribution in [0.25, 0.3) is 0 Å². The van der Waals surface area contributed by atoms with Gasteiger partial charge in [0.05, 0.1) is 0 Å². The van der Waals surface area contributed by atoms with E-state index >= 15 is 0 Å². The van der Waals surface area contributed by atoms with E-state index in [4.69, 9.17) is 0 Å². The maximum atomic E-state index is 10.6. The fourth-order valence-electron chi connectivity index (χ4n) is 0.959. The SMILES string of the molecule is C=NC(=O)CCCCCCC. The summed E-state index contributed by atoms with van der Waals surface area (Å²) in [6.07, 6.45) is 6.45. The third-order valence-electron chi connectivity index (χ3n) is 1.67. The molecule has 0 aromatic rings. The van der Waals surface area contributed by atoms with Gasteiger partial charge < -0.3 is 0 Å². The zero-order chi connectivity index (χ0) is 8.53. The fraction of sp³-hybridized carbons (Fsp3) is 0.778. The Morgan fingerprint density at radius 3 is 2.45 bits per heavy atom. The van der Waals surface area contributed by atoms with E-state index in [1.54, 1.807) is 0 Å². The van der Waals surface area contributed by atoms with E-state index in [0.717, 1.165) is 12.8 Å². The smallest absolute Gasteiger partial charge is 0.245 e. The van der Waals surface area contributed by atoms with E-state index in [2.05, 4.69) is 18.6 Å². The Hall–Kier alpha value is -0.660. The highest BCUT2D eigenvalue weighted by atomic mass is 16.1. The summed E-state index contributed by atoms with van der Waals surface area (Å²) in [5, 5.41) is 0. The Bertz CT molecular complexity index is 121. The van der Waals surface area contributed by atoms with Crippen LogP contribution in [0.4, 0.5) is 0 Å². The Morgan fingerprint density at radius 1 is 1.27 bits per heavy atom. The molecule has 11 heavy (non-hydrogen) atoms. The number of hydrogen-bond donors (Lipinski definition) is 0. The lowest BCUT2D eigenvalue weighted by molar-refractivity contribution is -0.117. The van der Waals surface area contributed by atoms with Gasteiger partial charge in [0, 0.05) is 6.42 Å². The highest BCUT2D eigenvalue weighted by Crippen LogP contribution is 2.04. The lowest BCUT2D eigenvalue weighted by Crippen LogP contribution is -1.91. The van der Waals surface area contributed by atoms with Crippen LogP contribution in [0, 0.1) is 0 Å². The van der Waals surface area contributed by atoms with Gasteiger partial charge in [0.15, 0.2) is 0 Å². The summed E-state index contributed by atoms with van der Waals surface area (Å²) in [5.74, 6) is -0.0681. The second-order valence-electron chi connectivity index (χ2n) is 2.72. The van der Waals surface area contributed by atoms with Gasteiger partial charge in [-0.3, -0.25) is 4.79 Å². The molecule has 0 saturated heterocycles. The Balaban J connectivity index is 3.01. The van der Waals surface area contributed by atoms with Crippen molar-refractivity contribution in [2.75, 3.05) is 0 Å². The molecule has 0 aromatic heterocycles. The quantitative estimate of drug-likeness (QED) is 0.428. The lowest BCUT2D eigenvalue weighted by Gasteiger charge is -1.95. The molecule has 0 atom stereocenters. The third-order valence-corrected chi connectivity index (χ3v) is 1.67. The first-order valence-electron chi connectivity index (χ1n) is 4.30. The Labute approximate surface area is 68.7 Å². The number of carbonyl (C=O) groups excluding carboxylic acids is 1. The summed E-state index contributed by atoms with van der Waals surface area (Å²) in [4.78, 5) is 13.9. The molecule has 0 aliphatic rings. The molecule has 0 heterocycles. The largest absolute Gasteiger partial charge is 0.273 e. The molecule has 0 N–H and O–H groups in total. The number of rotatable bonds is 6. The van der Waals surface area contributed by atoms with E-state index in [1.807, 2.05) is 0 Å². The zero-order valence-corrected chi connectivity index (χ0v) is 7.31. The van der Waals surface area contributed by atoms with Gasteiger partial charge in [0.25, 0.3) is 0 Å². The normalized spacial score (nSPS) is 9.55. The van der Waals surface area contributed by atoms with Crippen molar-refractivity contribution >= 4 is 12.6 Å². The molecule has 0 unspecified atom stereocenters. The summed E-state index contributed by atoms with van der Waals surface area (Å²) >= 11 is 0. The molecule has 0 aliphatic heterocycles. The second-order valence-corrected chi connectivity index (χ2v) is 2.72. The zero-order valence-electron chi connectivity index (χ0n) is 7.31. The van der Waals surface area contributed by atoms with Crippen molar-refractivity contribution < 1.29 is 4.79 Å². The van der Waals surface area contributed by atoms with E-state index in [0.29, 0.717) is 6.42 Å². The van der Waals surface area contributed by atoms with Crippen LogP contribution in [-0.4, -0.2) is 12.6 Å². The number of unbranched alkanes of at least 4 members (excludes halogenated alkanes) is 4. The molecule has 2 heteroatoms. The predicted octanol–water partition coefficient (Wildman–Crippen LogP) is 2.57. The molecule has 0 radical (unpaired) electrons. The molecular formula is C9H17NO. The number of hydrogen-bond acceptors (Lipinski definition) is 1. The van der Waals surface area contributed by atoms with E-state index in [1.165, 1.54) is 19.3 Å². The molecule has 2 nitrogen and oxygen atoms in total. The summed E-state index contributed by atoms with van der Waals surface area (Å²) < 4.78 is 0. The van der Waals surface area contributed by atoms with Crippen LogP contribution in [0.3, 0.4) is 0 Å². The maximum Gasteiger partial charge on any atom is 0.245 e. The van der Waals surface area contributed by atoms with Crippen LogP contribution in [0.2, 0.25) is 0 Å². The molecule has 0 bridgehead atoms. The Morgan fingerprint density at radius 2 is 1.91 bits per heavy atom. The van der Waals surface area contributed by atoms with Crippen molar-refractivity contribution in [2.45, 2.75) is 45.4 Å². The lowest BCUT2D eigenvalue weighted by atomic mass is 10.1. The van der Waals surface area contributed by atoms with Gasteiger partial charge >= 0.3 is 0 Å². The van der Waals surface area contributed by atoms with Gasteiger partial charge in [0.1, 0.15) is 0 Å². The molecule has 0 saturated carbocycles. The standard InChI is InChI=1S/C9H17NO/c1-3-4-5-6-7-8-9(11)10-2/h2-8H2,1H3. The Kier molecular flexibility index (Phi) is 7.00. The van der Waals surface area contributed by atoms with Crippen molar-refractivity contribution in [3.05, 3.63) is 0 Å².